The molecule has 4 aromatic rings. The van der Waals surface area contributed by atoms with Crippen molar-refractivity contribution in [1.82, 2.24) is 14.5 Å². The molecule has 5 rings (SSSR count). The van der Waals surface area contributed by atoms with Gasteiger partial charge in [0.2, 0.25) is 0 Å². The van der Waals surface area contributed by atoms with E-state index in [0.29, 0.717) is 5.92 Å². The Bertz CT molecular complexity index is 1110. The largest absolute Gasteiger partial charge is 0.350 e. The van der Waals surface area contributed by atoms with Gasteiger partial charge in [-0.15, -0.1) is 11.3 Å². The van der Waals surface area contributed by atoms with Crippen molar-refractivity contribution in [2.24, 2.45) is 7.05 Å². The Morgan fingerprint density at radius 2 is 1.96 bits per heavy atom. The fraction of sp³-hybridized carbons (Fsp3) is 0.273. The van der Waals surface area contributed by atoms with Crippen molar-refractivity contribution in [3.8, 4) is 0 Å². The van der Waals surface area contributed by atoms with Crippen LogP contribution in [0.25, 0.3) is 21.1 Å². The third-order valence-electron chi connectivity index (χ3n) is 5.50. The maximum Gasteiger partial charge on any atom is 0.256 e. The van der Waals surface area contributed by atoms with Crippen LogP contribution in [0.1, 0.15) is 34.1 Å². The Labute approximate surface area is 162 Å². The van der Waals surface area contributed by atoms with Crippen LogP contribution in [0.2, 0.25) is 0 Å². The summed E-state index contributed by atoms with van der Waals surface area (Å²) in [7, 11) is 2.00. The van der Waals surface area contributed by atoms with E-state index in [4.69, 9.17) is 4.98 Å². The summed E-state index contributed by atoms with van der Waals surface area (Å²) >= 11 is 1.77. The molecule has 0 radical (unpaired) electrons. The molecule has 2 aromatic heterocycles. The molecule has 0 spiro atoms. The normalized spacial score (nSPS) is 17.7. The summed E-state index contributed by atoms with van der Waals surface area (Å²) in [6, 6.07) is 16.4. The van der Waals surface area contributed by atoms with E-state index in [-0.39, 0.29) is 5.91 Å². The first-order valence-electron chi connectivity index (χ1n) is 9.39. The smallest absolute Gasteiger partial charge is 0.256 e. The molecule has 1 fully saturated rings. The van der Waals surface area contributed by atoms with Gasteiger partial charge in [-0.2, -0.15) is 0 Å². The highest BCUT2D eigenvalue weighted by atomic mass is 32.1. The van der Waals surface area contributed by atoms with Crippen molar-refractivity contribution >= 4 is 38.4 Å². The van der Waals surface area contributed by atoms with E-state index in [1.807, 2.05) is 47.0 Å². The molecule has 27 heavy (non-hydrogen) atoms. The van der Waals surface area contributed by atoms with Crippen LogP contribution in [-0.4, -0.2) is 33.4 Å². The van der Waals surface area contributed by atoms with Crippen molar-refractivity contribution in [2.75, 3.05) is 13.1 Å². The molecular formula is C22H21N3OS. The molecule has 0 unspecified atom stereocenters. The molecule has 2 aromatic carbocycles. The number of thiazole rings is 1. The lowest BCUT2D eigenvalue weighted by atomic mass is 9.98. The zero-order chi connectivity index (χ0) is 18.4. The monoisotopic (exact) mass is 375 g/mol. The first-order chi connectivity index (χ1) is 13.2. The number of aryl methyl sites for hydroxylation is 1. The Hall–Kier alpha value is -2.66. The predicted octanol–water partition coefficient (Wildman–Crippen LogP) is 4.81. The standard InChI is InChI=1S/C22H21N3OS/c1-24-14-17(16-8-2-4-10-19(16)24)22(26)25-12-6-7-15(13-25)21-23-18-9-3-5-11-20(18)27-21/h2-5,8-11,14-15H,6-7,12-13H2,1H3/t15-/m1/s1. The quantitative estimate of drug-likeness (QED) is 0.504. The highest BCUT2D eigenvalue weighted by molar-refractivity contribution is 7.18. The summed E-state index contributed by atoms with van der Waals surface area (Å²) in [6.07, 6.45) is 4.09. The molecule has 1 aliphatic rings. The molecule has 1 saturated heterocycles. The zero-order valence-electron chi connectivity index (χ0n) is 15.3. The summed E-state index contributed by atoms with van der Waals surface area (Å²) in [6.45, 7) is 1.57. The SMILES string of the molecule is Cn1cc(C(=O)N2CCC[C@@H](c3nc4ccccc4s3)C2)c2ccccc21. The Morgan fingerprint density at radius 1 is 1.15 bits per heavy atom. The van der Waals surface area contributed by atoms with Gasteiger partial charge in [0.25, 0.3) is 5.91 Å². The summed E-state index contributed by atoms with van der Waals surface area (Å²) in [4.78, 5) is 20.1. The van der Waals surface area contributed by atoms with Crippen LogP contribution in [-0.2, 0) is 7.05 Å². The van der Waals surface area contributed by atoms with E-state index in [2.05, 4.69) is 24.3 Å². The minimum atomic E-state index is 0.137. The number of para-hydroxylation sites is 2. The van der Waals surface area contributed by atoms with Crippen LogP contribution in [0, 0.1) is 0 Å². The van der Waals surface area contributed by atoms with Crippen molar-refractivity contribution < 1.29 is 4.79 Å². The van der Waals surface area contributed by atoms with Crippen LogP contribution in [0.5, 0.6) is 0 Å². The number of hydrogen-bond donors (Lipinski definition) is 0. The number of benzene rings is 2. The number of rotatable bonds is 2. The number of hydrogen-bond acceptors (Lipinski definition) is 3. The number of fused-ring (bicyclic) bond motifs is 2. The molecule has 0 N–H and O–H groups in total. The lowest BCUT2D eigenvalue weighted by Crippen LogP contribution is -2.39. The Morgan fingerprint density at radius 3 is 2.85 bits per heavy atom. The molecule has 3 heterocycles. The number of nitrogens with zero attached hydrogens (tertiary/aromatic N) is 3. The minimum absolute atomic E-state index is 0.137. The van der Waals surface area contributed by atoms with Gasteiger partial charge in [0.1, 0.15) is 0 Å². The summed E-state index contributed by atoms with van der Waals surface area (Å²) in [5, 5.41) is 2.19. The second-order valence-electron chi connectivity index (χ2n) is 7.28. The topological polar surface area (TPSA) is 38.1 Å². The first-order valence-corrected chi connectivity index (χ1v) is 10.2. The summed E-state index contributed by atoms with van der Waals surface area (Å²) < 4.78 is 3.27. The van der Waals surface area contributed by atoms with Crippen LogP contribution in [0.3, 0.4) is 0 Å². The molecule has 0 saturated carbocycles. The lowest BCUT2D eigenvalue weighted by Gasteiger charge is -2.31. The zero-order valence-corrected chi connectivity index (χ0v) is 16.1. The van der Waals surface area contributed by atoms with Gasteiger partial charge in [-0.25, -0.2) is 4.98 Å². The first kappa shape index (κ1) is 16.5. The molecule has 1 amide bonds. The van der Waals surface area contributed by atoms with Crippen LogP contribution < -0.4 is 0 Å². The Kier molecular flexibility index (Phi) is 3.97. The van der Waals surface area contributed by atoms with Gasteiger partial charge >= 0.3 is 0 Å². The molecule has 1 aliphatic heterocycles. The second-order valence-corrected chi connectivity index (χ2v) is 8.34. The molecule has 1 atom stereocenters. The van der Waals surface area contributed by atoms with Crippen molar-refractivity contribution in [1.29, 1.82) is 0 Å². The van der Waals surface area contributed by atoms with Gasteiger partial charge < -0.3 is 9.47 Å². The maximum atomic E-state index is 13.3. The Balaban J connectivity index is 1.44. The number of carbonyl (C=O) groups is 1. The minimum Gasteiger partial charge on any atom is -0.350 e. The lowest BCUT2D eigenvalue weighted by molar-refractivity contribution is 0.0709. The number of piperidine rings is 1. The fourth-order valence-electron chi connectivity index (χ4n) is 4.11. The van der Waals surface area contributed by atoms with Gasteiger partial charge in [-0.1, -0.05) is 30.3 Å². The van der Waals surface area contributed by atoms with E-state index in [0.717, 1.165) is 52.9 Å². The number of aromatic nitrogens is 2. The summed E-state index contributed by atoms with van der Waals surface area (Å²) in [5.74, 6) is 0.465. The highest BCUT2D eigenvalue weighted by Gasteiger charge is 2.28. The van der Waals surface area contributed by atoms with E-state index >= 15 is 0 Å². The van der Waals surface area contributed by atoms with Crippen molar-refractivity contribution in [3.05, 3.63) is 65.3 Å². The molecule has 136 valence electrons. The molecular weight excluding hydrogens is 354 g/mol. The van der Waals surface area contributed by atoms with E-state index in [1.165, 1.54) is 4.70 Å². The fourth-order valence-corrected chi connectivity index (χ4v) is 5.20. The second kappa shape index (κ2) is 6.50. The van der Waals surface area contributed by atoms with Crippen molar-refractivity contribution in [3.63, 3.8) is 0 Å². The maximum absolute atomic E-state index is 13.3. The number of likely N-dealkylation sites (tertiary alicyclic amines) is 1. The van der Waals surface area contributed by atoms with Gasteiger partial charge in [0.05, 0.1) is 20.8 Å². The highest BCUT2D eigenvalue weighted by Crippen LogP contribution is 2.34. The van der Waals surface area contributed by atoms with E-state index in [9.17, 15) is 4.79 Å². The van der Waals surface area contributed by atoms with Gasteiger partial charge in [-0.3, -0.25) is 4.79 Å². The number of carbonyl (C=O) groups excluding carboxylic acids is 1. The number of amides is 1. The summed E-state index contributed by atoms with van der Waals surface area (Å²) in [5.41, 5.74) is 2.97. The average molecular weight is 375 g/mol. The molecule has 0 aliphatic carbocycles. The van der Waals surface area contributed by atoms with Crippen LogP contribution >= 0.6 is 11.3 Å². The van der Waals surface area contributed by atoms with Crippen LogP contribution in [0.4, 0.5) is 0 Å². The third kappa shape index (κ3) is 2.82. The molecule has 0 bridgehead atoms. The van der Waals surface area contributed by atoms with E-state index in [1.54, 1.807) is 11.3 Å². The third-order valence-corrected chi connectivity index (χ3v) is 6.69. The van der Waals surface area contributed by atoms with Gasteiger partial charge in [0.15, 0.2) is 0 Å². The van der Waals surface area contributed by atoms with Gasteiger partial charge in [-0.05, 0) is 31.0 Å². The van der Waals surface area contributed by atoms with Crippen molar-refractivity contribution in [2.45, 2.75) is 18.8 Å². The van der Waals surface area contributed by atoms with E-state index < -0.39 is 0 Å². The molecule has 4 nitrogen and oxygen atoms in total. The van der Waals surface area contributed by atoms with Crippen LogP contribution in [0.15, 0.2) is 54.7 Å². The predicted molar refractivity (Wildman–Crippen MR) is 110 cm³/mol. The average Bonchev–Trinajstić information content (AvgIpc) is 3.29. The molecule has 5 heteroatoms. The van der Waals surface area contributed by atoms with Gasteiger partial charge in [0, 0.05) is 43.2 Å².